The number of halogens is 1. The molecule has 0 fully saturated rings. The van der Waals surface area contributed by atoms with E-state index in [1.165, 1.54) is 16.7 Å². The topological polar surface area (TPSA) is 93.6 Å². The molecule has 1 aromatic carbocycles. The molecule has 1 aliphatic carbocycles. The molecule has 4 aliphatic rings. The first-order valence-electron chi connectivity index (χ1n) is 12.5. The van der Waals surface area contributed by atoms with Gasteiger partial charge in [-0.2, -0.15) is 4.98 Å². The van der Waals surface area contributed by atoms with Crippen molar-refractivity contribution in [2.75, 3.05) is 36.9 Å². The van der Waals surface area contributed by atoms with E-state index in [4.69, 9.17) is 16.6 Å². The fourth-order valence-electron chi connectivity index (χ4n) is 6.46. The predicted octanol–water partition coefficient (Wildman–Crippen LogP) is 4.41. The fourth-order valence-corrected chi connectivity index (χ4v) is 6.65. The second-order valence-corrected chi connectivity index (χ2v) is 11.1. The van der Waals surface area contributed by atoms with E-state index in [9.17, 15) is 9.90 Å². The fraction of sp³-hybridized carbons (Fsp3) is 0.444. The summed E-state index contributed by atoms with van der Waals surface area (Å²) in [7, 11) is 2.17. The van der Waals surface area contributed by atoms with Gasteiger partial charge < -0.3 is 25.5 Å². The number of allylic oxidation sites excluding steroid dienone is 3. The molecule has 0 saturated heterocycles. The van der Waals surface area contributed by atoms with Crippen LogP contribution in [0, 0.1) is 5.41 Å². The zero-order valence-corrected chi connectivity index (χ0v) is 21.4. The van der Waals surface area contributed by atoms with E-state index in [1.54, 1.807) is 6.20 Å². The van der Waals surface area contributed by atoms with Gasteiger partial charge in [0.2, 0.25) is 5.95 Å². The molecule has 3 N–H and O–H groups in total. The molecule has 8 nitrogen and oxygen atoms in total. The molecular weight excluding hydrogens is 476 g/mol. The molecule has 0 amide bonds. The smallest absolute Gasteiger partial charge is 0.304 e. The minimum atomic E-state index is -0.806. The lowest BCUT2D eigenvalue weighted by atomic mass is 9.79. The lowest BCUT2D eigenvalue weighted by Crippen LogP contribution is -2.39. The second-order valence-electron chi connectivity index (χ2n) is 10.7. The zero-order chi connectivity index (χ0) is 25.0. The normalized spacial score (nSPS) is 25.1. The third-order valence-electron chi connectivity index (χ3n) is 7.84. The van der Waals surface area contributed by atoms with E-state index in [1.807, 2.05) is 6.92 Å². The highest BCUT2D eigenvalue weighted by Gasteiger charge is 2.43. The molecule has 0 bridgehead atoms. The Labute approximate surface area is 216 Å². The second kappa shape index (κ2) is 8.87. The van der Waals surface area contributed by atoms with Gasteiger partial charge in [-0.25, -0.2) is 4.98 Å². The van der Waals surface area contributed by atoms with Crippen LogP contribution in [-0.2, 0) is 17.9 Å². The third kappa shape index (κ3) is 4.07. The molecule has 2 unspecified atom stereocenters. The van der Waals surface area contributed by atoms with Crippen molar-refractivity contribution in [1.82, 2.24) is 20.2 Å². The largest absolute Gasteiger partial charge is 0.481 e. The minimum absolute atomic E-state index is 0.0574. The Morgan fingerprint density at radius 2 is 2.19 bits per heavy atom. The Balaban J connectivity index is 1.33. The van der Waals surface area contributed by atoms with Crippen molar-refractivity contribution in [1.29, 1.82) is 0 Å². The first kappa shape index (κ1) is 23.5. The number of nitrogens with zero attached hydrogens (tertiary/aromatic N) is 4. The van der Waals surface area contributed by atoms with Gasteiger partial charge in [0.05, 0.1) is 12.6 Å². The molecule has 0 saturated carbocycles. The Morgan fingerprint density at radius 3 is 3.03 bits per heavy atom. The van der Waals surface area contributed by atoms with E-state index >= 15 is 0 Å². The van der Waals surface area contributed by atoms with Gasteiger partial charge >= 0.3 is 5.97 Å². The number of aliphatic carboxylic acids is 1. The maximum Gasteiger partial charge on any atom is 0.304 e. The average molecular weight is 507 g/mol. The Hall–Kier alpha value is -2.94. The predicted molar refractivity (Wildman–Crippen MR) is 141 cm³/mol. The van der Waals surface area contributed by atoms with Crippen molar-refractivity contribution >= 4 is 35.0 Å². The summed E-state index contributed by atoms with van der Waals surface area (Å²) in [5.41, 5.74) is 6.82. The van der Waals surface area contributed by atoms with Gasteiger partial charge in [-0.1, -0.05) is 30.7 Å². The summed E-state index contributed by atoms with van der Waals surface area (Å²) in [6.45, 7) is 6.42. The van der Waals surface area contributed by atoms with Crippen LogP contribution in [0.15, 0.2) is 41.8 Å². The molecule has 2 atom stereocenters. The molecule has 0 radical (unpaired) electrons. The van der Waals surface area contributed by atoms with Crippen molar-refractivity contribution < 1.29 is 9.90 Å². The Morgan fingerprint density at radius 1 is 1.36 bits per heavy atom. The van der Waals surface area contributed by atoms with Gasteiger partial charge in [-0.3, -0.25) is 4.79 Å². The van der Waals surface area contributed by atoms with Gasteiger partial charge in [-0.05, 0) is 54.3 Å². The number of anilines is 3. The number of aromatic nitrogens is 2. The van der Waals surface area contributed by atoms with E-state index in [0.29, 0.717) is 29.3 Å². The van der Waals surface area contributed by atoms with Crippen LogP contribution in [0.25, 0.3) is 0 Å². The van der Waals surface area contributed by atoms with Crippen LogP contribution >= 0.6 is 11.6 Å². The number of rotatable bonds is 5. The number of likely N-dealkylation sites (N-methyl/N-ethyl adjacent to an activating group) is 1. The standard InChI is InChI=1S/C27H31ClN6O2/c1-27(9-23(35)36)15-34(22-6-4-3-5-20(22)27)25-21(28)12-30-26(32-25)31-19-7-16-10-29-11-18-14-33(2)13-17(8-19)24(16)18/h3,5,7-8,12,18,29H,4,6,9-11,13-15H2,1-2H3,(H,35,36)(H,30,31,32). The van der Waals surface area contributed by atoms with Crippen LogP contribution in [0.4, 0.5) is 17.5 Å². The van der Waals surface area contributed by atoms with E-state index in [-0.39, 0.29) is 6.42 Å². The van der Waals surface area contributed by atoms with Crippen molar-refractivity contribution in [3.8, 4) is 0 Å². The summed E-state index contributed by atoms with van der Waals surface area (Å²) in [6, 6.07) is 4.42. The number of carboxylic acids is 1. The van der Waals surface area contributed by atoms with E-state index < -0.39 is 11.4 Å². The summed E-state index contributed by atoms with van der Waals surface area (Å²) in [6.07, 6.45) is 7.63. The summed E-state index contributed by atoms with van der Waals surface area (Å²) in [4.78, 5) is 25.4. The summed E-state index contributed by atoms with van der Waals surface area (Å²) < 4.78 is 0. The Kier molecular flexibility index (Phi) is 5.78. The van der Waals surface area contributed by atoms with Gasteiger partial charge in [-0.15, -0.1) is 0 Å². The lowest BCUT2D eigenvalue weighted by molar-refractivity contribution is -0.138. The summed E-state index contributed by atoms with van der Waals surface area (Å²) in [5.74, 6) is 0.815. The molecule has 4 heterocycles. The monoisotopic (exact) mass is 506 g/mol. The van der Waals surface area contributed by atoms with Crippen LogP contribution in [0.3, 0.4) is 0 Å². The number of hydrogen-bond acceptors (Lipinski definition) is 7. The van der Waals surface area contributed by atoms with Gasteiger partial charge in [0, 0.05) is 55.4 Å². The van der Waals surface area contributed by atoms with E-state index in [2.05, 4.69) is 56.7 Å². The molecular formula is C27H31ClN6O2. The highest BCUT2D eigenvalue weighted by molar-refractivity contribution is 6.33. The van der Waals surface area contributed by atoms with Crippen molar-refractivity contribution in [3.05, 3.63) is 63.5 Å². The van der Waals surface area contributed by atoms with Gasteiger partial charge in [0.1, 0.15) is 5.02 Å². The van der Waals surface area contributed by atoms with Crippen LogP contribution in [0.1, 0.15) is 48.8 Å². The molecule has 6 rings (SSSR count). The van der Waals surface area contributed by atoms with Crippen LogP contribution in [-0.4, -0.2) is 52.6 Å². The zero-order valence-electron chi connectivity index (χ0n) is 20.6. The first-order valence-corrected chi connectivity index (χ1v) is 12.9. The van der Waals surface area contributed by atoms with Gasteiger partial charge in [0.15, 0.2) is 5.82 Å². The number of carboxylic acid groups (broad SMARTS) is 1. The SMILES string of the molecule is CN1Cc2cc(Nc3ncc(Cl)c(N4CC(C)(CC(=O)O)C5=C4CCC=C5)n3)cc3c2C(CNC3)C1. The number of carbonyl (C=O) groups is 1. The number of hydrogen-bond donors (Lipinski definition) is 3. The quantitative estimate of drug-likeness (QED) is 0.549. The average Bonchev–Trinajstić information content (AvgIpc) is 3.12. The maximum atomic E-state index is 11.7. The summed E-state index contributed by atoms with van der Waals surface area (Å²) in [5, 5.41) is 17.0. The van der Waals surface area contributed by atoms with Gasteiger partial charge in [0.25, 0.3) is 0 Å². The maximum absolute atomic E-state index is 11.7. The summed E-state index contributed by atoms with van der Waals surface area (Å²) >= 11 is 6.63. The molecule has 3 aliphatic heterocycles. The molecule has 36 heavy (non-hydrogen) atoms. The highest BCUT2D eigenvalue weighted by Crippen LogP contribution is 2.48. The first-order chi connectivity index (χ1) is 17.3. The van der Waals surface area contributed by atoms with Crippen LogP contribution < -0.4 is 15.5 Å². The van der Waals surface area contributed by atoms with Crippen LogP contribution in [0.2, 0.25) is 5.02 Å². The lowest BCUT2D eigenvalue weighted by Gasteiger charge is -2.37. The molecule has 1 aromatic heterocycles. The molecule has 2 aromatic rings. The molecule has 9 heteroatoms. The number of nitrogens with one attached hydrogen (secondary N) is 2. The highest BCUT2D eigenvalue weighted by atomic mass is 35.5. The van der Waals surface area contributed by atoms with Crippen molar-refractivity contribution in [2.45, 2.75) is 45.2 Å². The molecule has 188 valence electrons. The minimum Gasteiger partial charge on any atom is -0.481 e. The number of benzene rings is 1. The third-order valence-corrected chi connectivity index (χ3v) is 8.11. The van der Waals surface area contributed by atoms with Crippen molar-refractivity contribution in [2.24, 2.45) is 5.41 Å². The molecule has 0 spiro atoms. The Bertz CT molecular complexity index is 1310. The van der Waals surface area contributed by atoms with Crippen molar-refractivity contribution in [3.63, 3.8) is 0 Å². The van der Waals surface area contributed by atoms with Crippen LogP contribution in [0.5, 0.6) is 0 Å². The van der Waals surface area contributed by atoms with E-state index in [0.717, 1.165) is 56.0 Å².